The van der Waals surface area contributed by atoms with Crippen molar-refractivity contribution in [2.45, 2.75) is 26.4 Å². The lowest BCUT2D eigenvalue weighted by molar-refractivity contribution is 0.215. The van der Waals surface area contributed by atoms with E-state index in [0.29, 0.717) is 18.5 Å². The van der Waals surface area contributed by atoms with Gasteiger partial charge in [0.05, 0.1) is 18.9 Å². The Labute approximate surface area is 82.5 Å². The Morgan fingerprint density at radius 3 is 2.00 bits per heavy atom. The fourth-order valence-electron chi connectivity index (χ4n) is 0.736. The minimum absolute atomic E-state index is 0.0857. The van der Waals surface area contributed by atoms with Gasteiger partial charge < -0.3 is 9.05 Å². The third-order valence-electron chi connectivity index (χ3n) is 1.38. The highest BCUT2D eigenvalue weighted by molar-refractivity contribution is 9.09. The number of rotatable bonds is 6. The molecule has 1 unspecified atom stereocenters. The fraction of sp³-hybridized carbons (Fsp3) is 1.00. The summed E-state index contributed by atoms with van der Waals surface area (Å²) in [4.78, 5) is 0. The van der Waals surface area contributed by atoms with Crippen molar-refractivity contribution in [3.8, 4) is 0 Å². The van der Waals surface area contributed by atoms with E-state index in [9.17, 15) is 4.57 Å². The predicted octanol–water partition coefficient (Wildman–Crippen LogP) is 3.04. The zero-order valence-corrected chi connectivity index (χ0v) is 10.2. The SMILES string of the molecule is CCOP(=O)(OCC)C(C)CBr. The van der Waals surface area contributed by atoms with E-state index in [-0.39, 0.29) is 5.66 Å². The van der Waals surface area contributed by atoms with E-state index in [1.165, 1.54) is 0 Å². The van der Waals surface area contributed by atoms with Crippen molar-refractivity contribution in [2.24, 2.45) is 0 Å². The summed E-state index contributed by atoms with van der Waals surface area (Å²) in [7, 11) is -2.86. The average Bonchev–Trinajstić information content (AvgIpc) is 2.04. The summed E-state index contributed by atoms with van der Waals surface area (Å²) in [5, 5.41) is 0.629. The normalized spacial score (nSPS) is 14.7. The summed E-state index contributed by atoms with van der Waals surface area (Å²) in [5.74, 6) is 0. The van der Waals surface area contributed by atoms with Gasteiger partial charge in [0.25, 0.3) is 0 Å². The molecule has 12 heavy (non-hydrogen) atoms. The summed E-state index contributed by atoms with van der Waals surface area (Å²) < 4.78 is 22.1. The molecule has 0 amide bonds. The Kier molecular flexibility index (Phi) is 6.46. The molecular weight excluding hydrogens is 243 g/mol. The number of halogens is 1. The summed E-state index contributed by atoms with van der Waals surface area (Å²) >= 11 is 3.26. The van der Waals surface area contributed by atoms with Crippen LogP contribution in [0.2, 0.25) is 0 Å². The zero-order chi connectivity index (χ0) is 9.61. The third kappa shape index (κ3) is 3.56. The minimum atomic E-state index is -2.86. The van der Waals surface area contributed by atoms with Gasteiger partial charge in [-0.25, -0.2) is 0 Å². The van der Waals surface area contributed by atoms with E-state index in [2.05, 4.69) is 15.9 Å². The Morgan fingerprint density at radius 1 is 1.33 bits per heavy atom. The average molecular weight is 259 g/mol. The van der Waals surface area contributed by atoms with Crippen LogP contribution in [0.4, 0.5) is 0 Å². The van der Waals surface area contributed by atoms with Gasteiger partial charge in [-0.05, 0) is 13.8 Å². The maximum Gasteiger partial charge on any atom is 0.334 e. The van der Waals surface area contributed by atoms with Gasteiger partial charge in [-0.1, -0.05) is 22.9 Å². The van der Waals surface area contributed by atoms with Crippen molar-refractivity contribution >= 4 is 23.5 Å². The van der Waals surface area contributed by atoms with Gasteiger partial charge in [-0.15, -0.1) is 0 Å². The molecule has 5 heteroatoms. The van der Waals surface area contributed by atoms with Gasteiger partial charge in [0.1, 0.15) is 0 Å². The smallest absolute Gasteiger partial charge is 0.309 e. The first-order valence-electron chi connectivity index (χ1n) is 4.05. The first kappa shape index (κ1) is 12.6. The van der Waals surface area contributed by atoms with Gasteiger partial charge in [0, 0.05) is 5.33 Å². The zero-order valence-electron chi connectivity index (χ0n) is 7.75. The molecular formula is C7H16BrO3P. The van der Waals surface area contributed by atoms with Crippen LogP contribution in [-0.4, -0.2) is 24.2 Å². The lowest BCUT2D eigenvalue weighted by atomic mass is 10.6. The van der Waals surface area contributed by atoms with Crippen molar-refractivity contribution in [3.05, 3.63) is 0 Å². The van der Waals surface area contributed by atoms with Gasteiger partial charge >= 0.3 is 7.60 Å². The molecule has 1 atom stereocenters. The minimum Gasteiger partial charge on any atom is -0.309 e. The topological polar surface area (TPSA) is 35.5 Å². The highest BCUT2D eigenvalue weighted by atomic mass is 79.9. The predicted molar refractivity (Wildman–Crippen MR) is 54.1 cm³/mol. The van der Waals surface area contributed by atoms with E-state index < -0.39 is 7.60 Å². The second-order valence-electron chi connectivity index (χ2n) is 2.38. The lowest BCUT2D eigenvalue weighted by Crippen LogP contribution is -2.10. The molecule has 0 aliphatic carbocycles. The van der Waals surface area contributed by atoms with Gasteiger partial charge in [-0.3, -0.25) is 4.57 Å². The van der Waals surface area contributed by atoms with Crippen LogP contribution in [0.1, 0.15) is 20.8 Å². The maximum atomic E-state index is 11.9. The van der Waals surface area contributed by atoms with Crippen LogP contribution >= 0.6 is 23.5 Å². The Morgan fingerprint density at radius 2 is 1.75 bits per heavy atom. The van der Waals surface area contributed by atoms with Crippen LogP contribution in [0, 0.1) is 0 Å². The Balaban J connectivity index is 4.27. The van der Waals surface area contributed by atoms with Crippen molar-refractivity contribution in [3.63, 3.8) is 0 Å². The van der Waals surface area contributed by atoms with Crippen LogP contribution < -0.4 is 0 Å². The third-order valence-corrected chi connectivity index (χ3v) is 5.35. The monoisotopic (exact) mass is 258 g/mol. The Hall–Kier alpha value is 0.630. The van der Waals surface area contributed by atoms with Crippen LogP contribution in [0.3, 0.4) is 0 Å². The summed E-state index contributed by atoms with van der Waals surface area (Å²) in [6, 6.07) is 0. The van der Waals surface area contributed by atoms with Crippen LogP contribution in [0.5, 0.6) is 0 Å². The highest BCUT2D eigenvalue weighted by Gasteiger charge is 2.30. The number of hydrogen-bond donors (Lipinski definition) is 0. The molecule has 0 bridgehead atoms. The molecule has 0 fully saturated rings. The summed E-state index contributed by atoms with van der Waals surface area (Å²) in [5.41, 5.74) is -0.0857. The first-order valence-corrected chi connectivity index (χ1v) is 6.78. The second-order valence-corrected chi connectivity index (χ2v) is 5.50. The van der Waals surface area contributed by atoms with E-state index in [1.807, 2.05) is 20.8 Å². The molecule has 0 radical (unpaired) electrons. The molecule has 0 saturated carbocycles. The fourth-order valence-corrected chi connectivity index (χ4v) is 3.27. The molecule has 74 valence electrons. The molecule has 0 rings (SSSR count). The van der Waals surface area contributed by atoms with Gasteiger partial charge in [0.2, 0.25) is 0 Å². The summed E-state index contributed by atoms with van der Waals surface area (Å²) in [6.07, 6.45) is 0. The number of alkyl halides is 1. The van der Waals surface area contributed by atoms with E-state index in [0.717, 1.165) is 0 Å². The molecule has 0 aromatic carbocycles. The van der Waals surface area contributed by atoms with Gasteiger partial charge in [-0.2, -0.15) is 0 Å². The second kappa shape index (κ2) is 6.14. The standard InChI is InChI=1S/C7H16BrO3P/c1-4-10-12(9,11-5-2)7(3)6-8/h7H,4-6H2,1-3H3. The van der Waals surface area contributed by atoms with Gasteiger partial charge in [0.15, 0.2) is 0 Å². The van der Waals surface area contributed by atoms with E-state index in [1.54, 1.807) is 0 Å². The van der Waals surface area contributed by atoms with E-state index >= 15 is 0 Å². The molecule has 0 spiro atoms. The molecule has 0 aromatic rings. The van der Waals surface area contributed by atoms with Crippen LogP contribution in [0.25, 0.3) is 0 Å². The molecule has 3 nitrogen and oxygen atoms in total. The Bertz CT molecular complexity index is 153. The molecule has 0 aromatic heterocycles. The van der Waals surface area contributed by atoms with Crippen molar-refractivity contribution in [1.82, 2.24) is 0 Å². The molecule has 0 aliphatic rings. The number of hydrogen-bond acceptors (Lipinski definition) is 3. The highest BCUT2D eigenvalue weighted by Crippen LogP contribution is 2.53. The molecule has 0 N–H and O–H groups in total. The van der Waals surface area contributed by atoms with Crippen LogP contribution in [-0.2, 0) is 13.6 Å². The van der Waals surface area contributed by atoms with Crippen LogP contribution in [0.15, 0.2) is 0 Å². The lowest BCUT2D eigenvalue weighted by Gasteiger charge is -2.21. The first-order chi connectivity index (χ1) is 5.60. The van der Waals surface area contributed by atoms with Crippen molar-refractivity contribution < 1.29 is 13.6 Å². The van der Waals surface area contributed by atoms with Crippen molar-refractivity contribution in [1.29, 1.82) is 0 Å². The molecule has 0 saturated heterocycles. The maximum absolute atomic E-state index is 11.9. The molecule has 0 aliphatic heterocycles. The molecule has 0 heterocycles. The quantitative estimate of drug-likeness (QED) is 0.543. The summed E-state index contributed by atoms with van der Waals surface area (Å²) in [6.45, 7) is 6.32. The largest absolute Gasteiger partial charge is 0.334 e. The van der Waals surface area contributed by atoms with E-state index in [4.69, 9.17) is 9.05 Å². The van der Waals surface area contributed by atoms with Crippen molar-refractivity contribution in [2.75, 3.05) is 18.5 Å².